The number of amides is 11. The Kier molecular flexibility index (Phi) is 32.6. The molecule has 2 rings (SSSR count). The van der Waals surface area contributed by atoms with E-state index in [1.807, 2.05) is 61.5 Å². The van der Waals surface area contributed by atoms with Gasteiger partial charge in [0.1, 0.15) is 60.4 Å². The number of aliphatic hydroxyl groups excluding tert-OH is 1. The van der Waals surface area contributed by atoms with Crippen LogP contribution < -0.4 is 21.3 Å². The maximum Gasteiger partial charge on any atom is 0.246 e. The Morgan fingerprint density at radius 1 is 0.484 bits per heavy atom. The second-order valence-electron chi connectivity index (χ2n) is 27.6. The minimum Gasteiger partial charge on any atom is -0.390 e. The molecule has 1 fully saturated rings. The Labute approximate surface area is 543 Å². The van der Waals surface area contributed by atoms with Crippen molar-refractivity contribution in [2.75, 3.05) is 55.9 Å². The Morgan fingerprint density at radius 2 is 0.923 bits per heavy atom. The zero-order chi connectivity index (χ0) is 69.8. The van der Waals surface area contributed by atoms with Crippen molar-refractivity contribution in [2.45, 2.75) is 222 Å². The van der Waals surface area contributed by atoms with E-state index in [0.29, 0.717) is 12.0 Å². The molecule has 23 heteroatoms. The molecule has 12 atom stereocenters. The van der Waals surface area contributed by atoms with Crippen LogP contribution in [0.25, 0.3) is 0 Å². The molecule has 11 amide bonds. The van der Waals surface area contributed by atoms with Crippen molar-refractivity contribution in [1.29, 1.82) is 0 Å². The maximum absolute atomic E-state index is 15.2. The monoisotopic (exact) mass is 1280 g/mol. The van der Waals surface area contributed by atoms with Crippen LogP contribution in [0, 0.1) is 41.4 Å². The van der Waals surface area contributed by atoms with Crippen molar-refractivity contribution >= 4 is 65.0 Å². The lowest BCUT2D eigenvalue weighted by Crippen LogP contribution is -2.63. The summed E-state index contributed by atoms with van der Waals surface area (Å²) < 4.78 is 0. The Balaban J connectivity index is 3.06. The van der Waals surface area contributed by atoms with Crippen molar-refractivity contribution in [3.63, 3.8) is 0 Å². The van der Waals surface area contributed by atoms with Crippen LogP contribution in [0.3, 0.4) is 0 Å². The van der Waals surface area contributed by atoms with Gasteiger partial charge in [0.25, 0.3) is 0 Å². The predicted octanol–water partition coefficient (Wildman–Crippen LogP) is 4.49. The van der Waals surface area contributed by atoms with Crippen LogP contribution in [0.5, 0.6) is 0 Å². The standard InChI is InChI=1S/C68H115N11O12/c1-24-26-30-45(15)58(81)57-62(85)70-48(25-2)64(87)73(17)38-54(80)74(18)50(33-39(3)4)61(84)72-55(43(11)12)67(90)75(19)51(34-40(5)6)60(83)71-49(37-47-31-28-27-29-32-47)59(82)69-46(16)63(86)76(20)52(35-41(7)8)65(88)77(21)53(36-42(9)10)66(89)78(22)56(44(13)14)68(91)79(57)23/h24,26-29,31-32,39-46,48-53,55-58,81H,25,30,33-38H2,1-23H3,(H,69,82)(H,70,85)(H,71,83)(H,72,84)/b26-24+/t45-,46-,48+,49+,50+,51+,52+,53+,55+,56+,57+,58-/m1/s1. The summed E-state index contributed by atoms with van der Waals surface area (Å²) in [5.41, 5.74) is 0.672. The first-order chi connectivity index (χ1) is 42.3. The first-order valence-corrected chi connectivity index (χ1v) is 32.7. The van der Waals surface area contributed by atoms with Crippen LogP contribution in [0.15, 0.2) is 42.5 Å². The number of benzene rings is 1. The highest BCUT2D eigenvalue weighted by molar-refractivity contribution is 5.99. The summed E-state index contributed by atoms with van der Waals surface area (Å²) >= 11 is 0. The Morgan fingerprint density at radius 3 is 1.40 bits per heavy atom. The summed E-state index contributed by atoms with van der Waals surface area (Å²) in [5, 5.41) is 23.5. The fourth-order valence-corrected chi connectivity index (χ4v) is 11.6. The average Bonchev–Trinajstić information content (AvgIpc) is 1.05. The van der Waals surface area contributed by atoms with Crippen LogP contribution in [0.4, 0.5) is 0 Å². The number of allylic oxidation sites excluding steroid dienone is 2. The predicted molar refractivity (Wildman–Crippen MR) is 353 cm³/mol. The Bertz CT molecular complexity index is 2650. The zero-order valence-corrected chi connectivity index (χ0v) is 59.2. The van der Waals surface area contributed by atoms with Gasteiger partial charge in [-0.1, -0.05) is 139 Å². The molecule has 1 heterocycles. The van der Waals surface area contributed by atoms with E-state index in [4.69, 9.17) is 0 Å². The number of hydrogen-bond acceptors (Lipinski definition) is 12. The van der Waals surface area contributed by atoms with Gasteiger partial charge in [0.05, 0.1) is 12.6 Å². The normalized spacial score (nSPS) is 25.9. The summed E-state index contributed by atoms with van der Waals surface area (Å²) in [4.78, 5) is 171. The van der Waals surface area contributed by atoms with Crippen molar-refractivity contribution in [2.24, 2.45) is 41.4 Å². The summed E-state index contributed by atoms with van der Waals surface area (Å²) in [6.07, 6.45) is 2.95. The van der Waals surface area contributed by atoms with E-state index in [9.17, 15) is 43.5 Å². The summed E-state index contributed by atoms with van der Waals surface area (Å²) in [5.74, 6) is -9.86. The summed E-state index contributed by atoms with van der Waals surface area (Å²) in [7, 11) is 9.96. The average molecular weight is 1280 g/mol. The first-order valence-electron chi connectivity index (χ1n) is 32.7. The van der Waals surface area contributed by atoms with Gasteiger partial charge in [-0.05, 0) is 99.4 Å². The minimum absolute atomic E-state index is 0.0182. The van der Waals surface area contributed by atoms with Crippen LogP contribution in [-0.2, 0) is 59.2 Å². The molecule has 0 bridgehead atoms. The minimum atomic E-state index is -1.62. The van der Waals surface area contributed by atoms with Gasteiger partial charge in [0.2, 0.25) is 65.0 Å². The molecular weight excluding hydrogens is 1160 g/mol. The van der Waals surface area contributed by atoms with E-state index in [0.717, 1.165) is 9.80 Å². The molecule has 1 saturated heterocycles. The number of carbonyl (C=O) groups excluding carboxylic acids is 11. The molecule has 0 aromatic heterocycles. The number of carbonyl (C=O) groups is 11. The van der Waals surface area contributed by atoms with Crippen LogP contribution in [0.2, 0.25) is 0 Å². The topological polar surface area (TPSA) is 279 Å². The smallest absolute Gasteiger partial charge is 0.246 e. The SMILES string of the molecule is C/C=C/C[C@@H](C)[C@@H](O)[C@H]1C(=O)N[C@@H](CC)C(=O)N(C)CC(=O)N(C)[C@@H](CC(C)C)C(=O)N[C@@H](C(C)C)C(=O)N(C)[C@@H](CC(C)C)C(=O)N[C@@H](Cc2ccccc2)C(=O)N[C@H](C)C(=O)N(C)[C@@H](CC(C)C)C(=O)N(C)[C@@H](CC(C)C)C(=O)N(C)[C@@H](C(C)C)C(=O)N1C. The molecule has 91 heavy (non-hydrogen) atoms. The molecule has 0 radical (unpaired) electrons. The number of hydrogen-bond donors (Lipinski definition) is 5. The molecular formula is C68H115N11O12. The lowest BCUT2D eigenvalue weighted by molar-refractivity contribution is -0.157. The zero-order valence-electron chi connectivity index (χ0n) is 59.2. The van der Waals surface area contributed by atoms with E-state index >= 15 is 14.4 Å². The molecule has 23 nitrogen and oxygen atoms in total. The molecule has 1 aromatic carbocycles. The molecule has 0 saturated carbocycles. The van der Waals surface area contributed by atoms with Gasteiger partial charge in [0.15, 0.2) is 0 Å². The second kappa shape index (κ2) is 37.0. The first kappa shape index (κ1) is 80.2. The number of likely N-dealkylation sites (N-methyl/N-ethyl adjacent to an activating group) is 7. The number of nitrogens with zero attached hydrogens (tertiary/aromatic N) is 7. The van der Waals surface area contributed by atoms with E-state index in [1.165, 1.54) is 80.8 Å². The maximum atomic E-state index is 15.2. The third-order valence-corrected chi connectivity index (χ3v) is 17.2. The highest BCUT2D eigenvalue weighted by Gasteiger charge is 2.46. The van der Waals surface area contributed by atoms with Gasteiger partial charge in [0, 0.05) is 55.8 Å². The van der Waals surface area contributed by atoms with E-state index in [1.54, 1.807) is 84.9 Å². The quantitative estimate of drug-likeness (QED) is 0.135. The number of rotatable bonds is 17. The molecule has 1 aliphatic heterocycles. The summed E-state index contributed by atoms with van der Waals surface area (Å²) in [6.45, 7) is 28.0. The van der Waals surface area contributed by atoms with Gasteiger partial charge >= 0.3 is 0 Å². The third kappa shape index (κ3) is 22.7. The van der Waals surface area contributed by atoms with Gasteiger partial charge < -0.3 is 60.7 Å². The molecule has 0 unspecified atom stereocenters. The third-order valence-electron chi connectivity index (χ3n) is 17.2. The van der Waals surface area contributed by atoms with Crippen LogP contribution in [-0.4, -0.2) is 227 Å². The van der Waals surface area contributed by atoms with Gasteiger partial charge in [-0.25, -0.2) is 0 Å². The highest BCUT2D eigenvalue weighted by atomic mass is 16.3. The van der Waals surface area contributed by atoms with E-state index < -0.39 is 156 Å². The van der Waals surface area contributed by atoms with E-state index in [2.05, 4.69) is 21.3 Å². The largest absolute Gasteiger partial charge is 0.390 e. The lowest BCUT2D eigenvalue weighted by atomic mass is 9.91. The van der Waals surface area contributed by atoms with Gasteiger partial charge in [-0.15, -0.1) is 0 Å². The number of nitrogens with one attached hydrogen (secondary N) is 4. The molecule has 1 aromatic rings. The highest BCUT2D eigenvalue weighted by Crippen LogP contribution is 2.26. The van der Waals surface area contributed by atoms with E-state index in [-0.39, 0.29) is 62.2 Å². The van der Waals surface area contributed by atoms with Gasteiger partial charge in [-0.3, -0.25) is 52.7 Å². The molecule has 0 spiro atoms. The fraction of sp³-hybridized carbons (Fsp3) is 0.721. The molecule has 5 N–H and O–H groups in total. The van der Waals surface area contributed by atoms with Crippen molar-refractivity contribution in [1.82, 2.24) is 55.6 Å². The second-order valence-corrected chi connectivity index (χ2v) is 27.6. The number of aliphatic hydroxyl groups is 1. The molecule has 1 aliphatic rings. The Hall–Kier alpha value is -6.91. The fourth-order valence-electron chi connectivity index (χ4n) is 11.6. The summed E-state index contributed by atoms with van der Waals surface area (Å²) in [6, 6.07) is -3.67. The molecule has 514 valence electrons. The van der Waals surface area contributed by atoms with Crippen LogP contribution >= 0.6 is 0 Å². The van der Waals surface area contributed by atoms with Crippen molar-refractivity contribution in [3.8, 4) is 0 Å². The lowest BCUT2D eigenvalue weighted by Gasteiger charge is -2.41. The van der Waals surface area contributed by atoms with Gasteiger partial charge in [-0.2, -0.15) is 0 Å². The van der Waals surface area contributed by atoms with Crippen molar-refractivity contribution in [3.05, 3.63) is 48.0 Å². The van der Waals surface area contributed by atoms with Crippen molar-refractivity contribution < 1.29 is 57.8 Å². The van der Waals surface area contributed by atoms with Crippen LogP contribution in [0.1, 0.15) is 155 Å². The molecule has 0 aliphatic carbocycles.